The normalized spacial score (nSPS) is 33.7. The van der Waals surface area contributed by atoms with Crippen molar-refractivity contribution in [3.05, 3.63) is 34.9 Å². The molecule has 1 aliphatic carbocycles. The average molecular weight is 263 g/mol. The van der Waals surface area contributed by atoms with Gasteiger partial charge in [0.25, 0.3) is 0 Å². The molecule has 19 heavy (non-hydrogen) atoms. The lowest BCUT2D eigenvalue weighted by Crippen LogP contribution is -2.54. The fraction of sp³-hybridized carbons (Fsp3) is 0.625. The second-order valence-electron chi connectivity index (χ2n) is 6.34. The van der Waals surface area contributed by atoms with Crippen molar-refractivity contribution in [2.24, 2.45) is 5.92 Å². The monoisotopic (exact) mass is 263 g/mol. The van der Waals surface area contributed by atoms with Crippen LogP contribution in [-0.4, -0.2) is 24.0 Å². The first-order valence-electron chi connectivity index (χ1n) is 7.46. The molecule has 3 unspecified atom stereocenters. The van der Waals surface area contributed by atoms with Gasteiger partial charge in [-0.2, -0.15) is 0 Å². The lowest BCUT2D eigenvalue weighted by atomic mass is 9.66. The molecule has 3 heteroatoms. The van der Waals surface area contributed by atoms with Crippen LogP contribution < -0.4 is 0 Å². The molecule has 1 nitrogen and oxygen atoms in total. The third-order valence-electron chi connectivity index (χ3n) is 5.33. The lowest BCUT2D eigenvalue weighted by Gasteiger charge is -2.52. The predicted octanol–water partition coefficient (Wildman–Crippen LogP) is 3.48. The molecule has 0 aromatic heterocycles. The summed E-state index contributed by atoms with van der Waals surface area (Å²) < 4.78 is 27.7. The van der Waals surface area contributed by atoms with Crippen LogP contribution in [-0.2, 0) is 6.42 Å². The largest absolute Gasteiger partial charge is 0.299 e. The molecule has 2 fully saturated rings. The highest BCUT2D eigenvalue weighted by Crippen LogP contribution is 2.47. The first-order chi connectivity index (χ1) is 9.24. The molecule has 0 saturated carbocycles. The van der Waals surface area contributed by atoms with Crippen molar-refractivity contribution in [1.82, 2.24) is 4.90 Å². The second kappa shape index (κ2) is 4.27. The zero-order chi connectivity index (χ0) is 13.0. The minimum Gasteiger partial charge on any atom is -0.299 e. The van der Waals surface area contributed by atoms with Crippen LogP contribution in [0.25, 0.3) is 0 Å². The molecule has 3 atom stereocenters. The lowest BCUT2D eigenvalue weighted by molar-refractivity contribution is 0.0336. The zero-order valence-electron chi connectivity index (χ0n) is 11.0. The Labute approximate surface area is 112 Å². The van der Waals surface area contributed by atoms with E-state index in [1.165, 1.54) is 12.8 Å². The van der Waals surface area contributed by atoms with E-state index in [0.717, 1.165) is 49.5 Å². The van der Waals surface area contributed by atoms with Crippen LogP contribution in [0.3, 0.4) is 0 Å². The Morgan fingerprint density at radius 1 is 1.05 bits per heavy atom. The Morgan fingerprint density at radius 2 is 1.84 bits per heavy atom. The van der Waals surface area contributed by atoms with E-state index in [2.05, 4.69) is 4.90 Å². The van der Waals surface area contributed by atoms with Gasteiger partial charge in [-0.3, -0.25) is 4.90 Å². The van der Waals surface area contributed by atoms with Crippen molar-refractivity contribution in [2.45, 2.75) is 44.1 Å². The summed E-state index contributed by atoms with van der Waals surface area (Å²) in [6.07, 6.45) is 5.52. The summed E-state index contributed by atoms with van der Waals surface area (Å²) in [5, 5.41) is 0. The first kappa shape index (κ1) is 11.8. The van der Waals surface area contributed by atoms with Gasteiger partial charge in [0.2, 0.25) is 0 Å². The minimum atomic E-state index is -0.418. The van der Waals surface area contributed by atoms with Gasteiger partial charge in [0, 0.05) is 18.0 Å². The Balaban J connectivity index is 1.84. The predicted molar refractivity (Wildman–Crippen MR) is 70.1 cm³/mol. The number of rotatable bonds is 0. The molecular weight excluding hydrogens is 244 g/mol. The maximum absolute atomic E-state index is 14.2. The standard InChI is InChI=1S/C16H19F2N/c17-12-8-11-7-10-3-1-5-19-6-2-4-13(16(10)19)15(11)14(18)9-12/h8-10,13,16H,1-7H2. The number of nitrogens with zero attached hydrogens (tertiary/aromatic N) is 1. The van der Waals surface area contributed by atoms with E-state index in [0.29, 0.717) is 17.9 Å². The summed E-state index contributed by atoms with van der Waals surface area (Å²) in [5.41, 5.74) is 1.77. The van der Waals surface area contributed by atoms with Crippen molar-refractivity contribution in [3.8, 4) is 0 Å². The Bertz CT molecular complexity index is 512. The molecule has 0 radical (unpaired) electrons. The molecule has 0 N–H and O–H groups in total. The van der Waals surface area contributed by atoms with Gasteiger partial charge in [-0.05, 0) is 68.3 Å². The number of benzene rings is 1. The maximum atomic E-state index is 14.2. The van der Waals surface area contributed by atoms with E-state index < -0.39 is 5.82 Å². The van der Waals surface area contributed by atoms with E-state index >= 15 is 0 Å². The highest BCUT2D eigenvalue weighted by molar-refractivity contribution is 5.38. The molecule has 0 bridgehead atoms. The number of halogens is 2. The van der Waals surface area contributed by atoms with Crippen LogP contribution >= 0.6 is 0 Å². The molecule has 2 heterocycles. The Kier molecular flexibility index (Phi) is 2.66. The quantitative estimate of drug-likeness (QED) is 0.692. The molecule has 4 rings (SSSR count). The topological polar surface area (TPSA) is 3.24 Å². The van der Waals surface area contributed by atoms with Crippen LogP contribution in [0.2, 0.25) is 0 Å². The fourth-order valence-corrected chi connectivity index (χ4v) is 4.75. The molecule has 1 aromatic rings. The minimum absolute atomic E-state index is 0.295. The van der Waals surface area contributed by atoms with Crippen molar-refractivity contribution >= 4 is 0 Å². The van der Waals surface area contributed by atoms with E-state index in [4.69, 9.17) is 0 Å². The van der Waals surface area contributed by atoms with Gasteiger partial charge >= 0.3 is 0 Å². The third kappa shape index (κ3) is 1.74. The van der Waals surface area contributed by atoms with Crippen LogP contribution in [0.15, 0.2) is 12.1 Å². The van der Waals surface area contributed by atoms with E-state index in [1.54, 1.807) is 6.07 Å². The van der Waals surface area contributed by atoms with Crippen LogP contribution in [0, 0.1) is 17.6 Å². The highest BCUT2D eigenvalue weighted by atomic mass is 19.1. The van der Waals surface area contributed by atoms with Gasteiger partial charge in [0.15, 0.2) is 0 Å². The van der Waals surface area contributed by atoms with Crippen LogP contribution in [0.4, 0.5) is 8.78 Å². The summed E-state index contributed by atoms with van der Waals surface area (Å²) in [6, 6.07) is 3.15. The summed E-state index contributed by atoms with van der Waals surface area (Å²) in [4.78, 5) is 2.56. The molecule has 102 valence electrons. The van der Waals surface area contributed by atoms with E-state index in [9.17, 15) is 8.78 Å². The van der Waals surface area contributed by atoms with Crippen LogP contribution in [0.1, 0.15) is 42.7 Å². The summed E-state index contributed by atoms with van der Waals surface area (Å²) in [5.74, 6) is 0.167. The van der Waals surface area contributed by atoms with Gasteiger partial charge < -0.3 is 0 Å². The molecule has 2 aliphatic heterocycles. The number of fused-ring (bicyclic) bond motifs is 2. The summed E-state index contributed by atoms with van der Waals surface area (Å²) >= 11 is 0. The number of hydrogen-bond acceptors (Lipinski definition) is 1. The fourth-order valence-electron chi connectivity index (χ4n) is 4.75. The SMILES string of the molecule is Fc1cc(F)c2c(c1)CC1CCCN3CCCC2C13. The number of hydrogen-bond donors (Lipinski definition) is 0. The van der Waals surface area contributed by atoms with Gasteiger partial charge in [-0.25, -0.2) is 8.78 Å². The third-order valence-corrected chi connectivity index (χ3v) is 5.33. The molecule has 2 saturated heterocycles. The van der Waals surface area contributed by atoms with Gasteiger partial charge in [-0.15, -0.1) is 0 Å². The Morgan fingerprint density at radius 3 is 2.68 bits per heavy atom. The summed E-state index contributed by atoms with van der Waals surface area (Å²) in [6.45, 7) is 2.33. The summed E-state index contributed by atoms with van der Waals surface area (Å²) in [7, 11) is 0. The molecule has 1 aromatic carbocycles. The van der Waals surface area contributed by atoms with Crippen molar-refractivity contribution in [2.75, 3.05) is 13.1 Å². The van der Waals surface area contributed by atoms with E-state index in [1.807, 2.05) is 0 Å². The highest BCUT2D eigenvalue weighted by Gasteiger charge is 2.44. The van der Waals surface area contributed by atoms with Crippen molar-refractivity contribution in [1.29, 1.82) is 0 Å². The van der Waals surface area contributed by atoms with Gasteiger partial charge in [-0.1, -0.05) is 0 Å². The molecular formula is C16H19F2N. The number of piperidine rings is 2. The van der Waals surface area contributed by atoms with Crippen molar-refractivity contribution < 1.29 is 8.78 Å². The van der Waals surface area contributed by atoms with Gasteiger partial charge in [0.1, 0.15) is 11.6 Å². The molecule has 0 amide bonds. The van der Waals surface area contributed by atoms with Crippen molar-refractivity contribution in [3.63, 3.8) is 0 Å². The smallest absolute Gasteiger partial charge is 0.129 e. The molecule has 3 aliphatic rings. The van der Waals surface area contributed by atoms with Crippen LogP contribution in [0.5, 0.6) is 0 Å². The molecule has 0 spiro atoms. The first-order valence-corrected chi connectivity index (χ1v) is 7.46. The second-order valence-corrected chi connectivity index (χ2v) is 6.34. The van der Waals surface area contributed by atoms with E-state index in [-0.39, 0.29) is 5.82 Å². The Hall–Kier alpha value is -0.960. The average Bonchev–Trinajstić information content (AvgIpc) is 2.38. The van der Waals surface area contributed by atoms with Gasteiger partial charge in [0.05, 0.1) is 0 Å². The maximum Gasteiger partial charge on any atom is 0.129 e. The zero-order valence-corrected chi connectivity index (χ0v) is 11.0.